The molecule has 1 aromatic heterocycles. The summed E-state index contributed by atoms with van der Waals surface area (Å²) in [6.07, 6.45) is 1.37. The predicted octanol–water partition coefficient (Wildman–Crippen LogP) is 1.73. The largest absolute Gasteiger partial charge is 0.485 e. The molecule has 0 saturated heterocycles. The maximum absolute atomic E-state index is 12.5. The van der Waals surface area contributed by atoms with Gasteiger partial charge in [0.2, 0.25) is 0 Å². The molecule has 0 bridgehead atoms. The molecule has 0 spiro atoms. The van der Waals surface area contributed by atoms with Crippen LogP contribution in [0.3, 0.4) is 0 Å². The van der Waals surface area contributed by atoms with E-state index in [1.165, 1.54) is 17.2 Å². The molecule has 1 unspecified atom stereocenters. The van der Waals surface area contributed by atoms with Crippen LogP contribution in [0, 0.1) is 0 Å². The fourth-order valence-electron chi connectivity index (χ4n) is 2.96. The number of hydrogen-bond acceptors (Lipinski definition) is 4. The molecule has 1 aliphatic rings. The van der Waals surface area contributed by atoms with Gasteiger partial charge in [0.1, 0.15) is 17.4 Å². The molecule has 6 heteroatoms. The van der Waals surface area contributed by atoms with Gasteiger partial charge in [0.25, 0.3) is 11.5 Å². The standard InChI is InChI=1S/C18H21N3O3/c1-3-21-12-13(24-16-9-5-4-8-15(16)21)11-20(2)18(23)14-7-6-10-19-17(14)22/h4-10,13H,3,11-12H2,1-2H3,(H,19,22). The number of hydrogen-bond donors (Lipinski definition) is 1. The predicted molar refractivity (Wildman–Crippen MR) is 92.8 cm³/mol. The molecule has 2 heterocycles. The zero-order chi connectivity index (χ0) is 17.1. The van der Waals surface area contributed by atoms with Gasteiger partial charge in [-0.3, -0.25) is 9.59 Å². The number of aromatic amines is 1. The number of aromatic nitrogens is 1. The van der Waals surface area contributed by atoms with E-state index in [2.05, 4.69) is 16.8 Å². The number of fused-ring (bicyclic) bond motifs is 1. The van der Waals surface area contributed by atoms with Crippen LogP contribution in [-0.4, -0.2) is 48.6 Å². The molecule has 0 aliphatic carbocycles. The van der Waals surface area contributed by atoms with E-state index in [0.29, 0.717) is 13.1 Å². The van der Waals surface area contributed by atoms with Crippen molar-refractivity contribution in [1.82, 2.24) is 9.88 Å². The highest BCUT2D eigenvalue weighted by Crippen LogP contribution is 2.32. The molecule has 1 N–H and O–H groups in total. The Morgan fingerprint density at radius 1 is 1.33 bits per heavy atom. The third kappa shape index (κ3) is 3.13. The fraction of sp³-hybridized carbons (Fsp3) is 0.333. The normalized spacial score (nSPS) is 16.2. The van der Waals surface area contributed by atoms with Crippen LogP contribution in [0.5, 0.6) is 5.75 Å². The van der Waals surface area contributed by atoms with Crippen molar-refractivity contribution in [2.45, 2.75) is 13.0 Å². The van der Waals surface area contributed by atoms with Gasteiger partial charge < -0.3 is 19.5 Å². The van der Waals surface area contributed by atoms with E-state index in [1.54, 1.807) is 13.1 Å². The Bertz CT molecular complexity index is 787. The molecule has 3 rings (SSSR count). The van der Waals surface area contributed by atoms with E-state index in [4.69, 9.17) is 4.74 Å². The topological polar surface area (TPSA) is 65.6 Å². The first kappa shape index (κ1) is 16.1. The third-order valence-electron chi connectivity index (χ3n) is 4.18. The summed E-state index contributed by atoms with van der Waals surface area (Å²) < 4.78 is 6.03. The van der Waals surface area contributed by atoms with Gasteiger partial charge in [-0.1, -0.05) is 12.1 Å². The number of nitrogens with zero attached hydrogens (tertiary/aromatic N) is 2. The fourth-order valence-corrected chi connectivity index (χ4v) is 2.96. The Kier molecular flexibility index (Phi) is 4.55. The number of anilines is 1. The lowest BCUT2D eigenvalue weighted by molar-refractivity contribution is 0.0708. The lowest BCUT2D eigenvalue weighted by atomic mass is 10.1. The summed E-state index contributed by atoms with van der Waals surface area (Å²) >= 11 is 0. The first-order chi connectivity index (χ1) is 11.6. The maximum Gasteiger partial charge on any atom is 0.260 e. The van der Waals surface area contributed by atoms with Gasteiger partial charge in [-0.25, -0.2) is 0 Å². The van der Waals surface area contributed by atoms with Gasteiger partial charge in [-0.2, -0.15) is 0 Å². The lowest BCUT2D eigenvalue weighted by Gasteiger charge is -2.37. The van der Waals surface area contributed by atoms with Crippen LogP contribution < -0.4 is 15.2 Å². The number of carbonyl (C=O) groups is 1. The number of rotatable bonds is 4. The second-order valence-electron chi connectivity index (χ2n) is 5.84. The molecule has 126 valence electrons. The molecule has 6 nitrogen and oxygen atoms in total. The molecular weight excluding hydrogens is 306 g/mol. The van der Waals surface area contributed by atoms with Crippen LogP contribution in [0.2, 0.25) is 0 Å². The molecule has 0 fully saturated rings. The summed E-state index contributed by atoms with van der Waals surface area (Å²) in [7, 11) is 1.69. The van der Waals surface area contributed by atoms with Crippen LogP contribution in [0.4, 0.5) is 5.69 Å². The minimum absolute atomic E-state index is 0.142. The van der Waals surface area contributed by atoms with Crippen LogP contribution in [-0.2, 0) is 0 Å². The van der Waals surface area contributed by atoms with Crippen molar-refractivity contribution < 1.29 is 9.53 Å². The molecular formula is C18H21N3O3. The molecule has 1 aromatic carbocycles. The van der Waals surface area contributed by atoms with Crippen molar-refractivity contribution in [3.63, 3.8) is 0 Å². The van der Waals surface area contributed by atoms with Crippen molar-refractivity contribution in [2.24, 2.45) is 0 Å². The lowest BCUT2D eigenvalue weighted by Crippen LogP contribution is -2.47. The molecule has 1 atom stereocenters. The smallest absolute Gasteiger partial charge is 0.260 e. The summed E-state index contributed by atoms with van der Waals surface area (Å²) in [5.41, 5.74) is 0.840. The van der Waals surface area contributed by atoms with Gasteiger partial charge in [-0.05, 0) is 31.2 Å². The zero-order valence-corrected chi connectivity index (χ0v) is 13.9. The third-order valence-corrected chi connectivity index (χ3v) is 4.18. The van der Waals surface area contributed by atoms with Crippen molar-refractivity contribution >= 4 is 11.6 Å². The van der Waals surface area contributed by atoms with Gasteiger partial charge in [0.15, 0.2) is 0 Å². The van der Waals surface area contributed by atoms with Crippen molar-refractivity contribution in [3.05, 3.63) is 58.5 Å². The van der Waals surface area contributed by atoms with E-state index in [-0.39, 0.29) is 23.1 Å². The molecule has 2 aromatic rings. The van der Waals surface area contributed by atoms with Crippen LogP contribution in [0.25, 0.3) is 0 Å². The first-order valence-corrected chi connectivity index (χ1v) is 8.04. The minimum Gasteiger partial charge on any atom is -0.485 e. The first-order valence-electron chi connectivity index (χ1n) is 8.04. The van der Waals surface area contributed by atoms with E-state index in [1.807, 2.05) is 24.3 Å². The monoisotopic (exact) mass is 327 g/mol. The van der Waals surface area contributed by atoms with Crippen molar-refractivity contribution in [2.75, 3.05) is 31.6 Å². The second-order valence-corrected chi connectivity index (χ2v) is 5.84. The number of pyridine rings is 1. The van der Waals surface area contributed by atoms with Gasteiger partial charge in [0.05, 0.1) is 18.8 Å². The van der Waals surface area contributed by atoms with Crippen molar-refractivity contribution in [1.29, 1.82) is 0 Å². The van der Waals surface area contributed by atoms with Gasteiger partial charge >= 0.3 is 0 Å². The Labute approximate surface area is 140 Å². The number of likely N-dealkylation sites (N-methyl/N-ethyl adjacent to an activating group) is 2. The summed E-state index contributed by atoms with van der Waals surface area (Å²) in [6.45, 7) is 4.08. The van der Waals surface area contributed by atoms with Crippen LogP contribution in [0.1, 0.15) is 17.3 Å². The zero-order valence-electron chi connectivity index (χ0n) is 13.9. The molecule has 24 heavy (non-hydrogen) atoms. The summed E-state index contributed by atoms with van der Waals surface area (Å²) in [5.74, 6) is 0.524. The highest BCUT2D eigenvalue weighted by Gasteiger charge is 2.27. The number of amides is 1. The quantitative estimate of drug-likeness (QED) is 0.929. The Morgan fingerprint density at radius 2 is 2.12 bits per heavy atom. The molecule has 1 amide bonds. The Balaban J connectivity index is 1.74. The Morgan fingerprint density at radius 3 is 2.88 bits per heavy atom. The number of ether oxygens (including phenoxy) is 1. The minimum atomic E-state index is -0.376. The average molecular weight is 327 g/mol. The highest BCUT2D eigenvalue weighted by molar-refractivity contribution is 5.93. The van der Waals surface area contributed by atoms with Crippen molar-refractivity contribution in [3.8, 4) is 5.75 Å². The number of benzene rings is 1. The maximum atomic E-state index is 12.5. The molecule has 1 aliphatic heterocycles. The number of carbonyl (C=O) groups excluding carboxylic acids is 1. The van der Waals surface area contributed by atoms with Crippen LogP contribution in [0.15, 0.2) is 47.4 Å². The van der Waals surface area contributed by atoms with Gasteiger partial charge in [0, 0.05) is 19.8 Å². The van der Waals surface area contributed by atoms with E-state index < -0.39 is 0 Å². The number of para-hydroxylation sites is 2. The Hall–Kier alpha value is -2.76. The highest BCUT2D eigenvalue weighted by atomic mass is 16.5. The van der Waals surface area contributed by atoms with E-state index >= 15 is 0 Å². The number of nitrogens with one attached hydrogen (secondary N) is 1. The number of H-pyrrole nitrogens is 1. The van der Waals surface area contributed by atoms with E-state index in [0.717, 1.165) is 18.0 Å². The molecule has 0 radical (unpaired) electrons. The van der Waals surface area contributed by atoms with Crippen LogP contribution >= 0.6 is 0 Å². The van der Waals surface area contributed by atoms with E-state index in [9.17, 15) is 9.59 Å². The SMILES string of the molecule is CCN1CC(CN(C)C(=O)c2ccc[nH]c2=O)Oc2ccccc21. The summed E-state index contributed by atoms with van der Waals surface area (Å²) in [4.78, 5) is 30.5. The summed E-state index contributed by atoms with van der Waals surface area (Å²) in [6, 6.07) is 11.1. The average Bonchev–Trinajstić information content (AvgIpc) is 2.60. The van der Waals surface area contributed by atoms with Gasteiger partial charge in [-0.15, -0.1) is 0 Å². The molecule has 0 saturated carbocycles. The second kappa shape index (κ2) is 6.78. The summed E-state index contributed by atoms with van der Waals surface area (Å²) in [5, 5.41) is 0.